The average Bonchev–Trinajstić information content (AvgIpc) is 2.30. The summed E-state index contributed by atoms with van der Waals surface area (Å²) in [6, 6.07) is 4.70. The molecule has 0 radical (unpaired) electrons. The van der Waals surface area contributed by atoms with Crippen molar-refractivity contribution in [2.45, 2.75) is 18.8 Å². The van der Waals surface area contributed by atoms with Gasteiger partial charge in [-0.3, -0.25) is 0 Å². The van der Waals surface area contributed by atoms with Crippen molar-refractivity contribution >= 4 is 18.1 Å². The highest BCUT2D eigenvalue weighted by molar-refractivity contribution is 5.85. The van der Waals surface area contributed by atoms with Gasteiger partial charge in [-0.25, -0.2) is 8.78 Å². The van der Waals surface area contributed by atoms with Gasteiger partial charge in [-0.1, -0.05) is 12.1 Å². The zero-order valence-corrected chi connectivity index (χ0v) is 7.70. The zero-order valence-electron chi connectivity index (χ0n) is 6.89. The van der Waals surface area contributed by atoms with E-state index in [0.29, 0.717) is 17.7 Å². The van der Waals surface area contributed by atoms with Crippen molar-refractivity contribution in [3.8, 4) is 0 Å². The molecule has 1 aliphatic rings. The first-order valence-electron chi connectivity index (χ1n) is 3.87. The molecule has 4 heteroatoms. The Hall–Kier alpha value is -0.830. The van der Waals surface area contributed by atoms with Crippen LogP contribution in [0.3, 0.4) is 0 Å². The molecule has 1 aliphatic carbocycles. The lowest BCUT2D eigenvalue weighted by Gasteiger charge is -2.09. The van der Waals surface area contributed by atoms with Crippen LogP contribution in [0.1, 0.15) is 17.5 Å². The summed E-state index contributed by atoms with van der Waals surface area (Å²) in [5.41, 5.74) is 6.79. The Morgan fingerprint density at radius 3 is 2.62 bits per heavy atom. The average molecular weight is 206 g/mol. The molecule has 0 amide bonds. The number of anilines is 1. The van der Waals surface area contributed by atoms with Crippen molar-refractivity contribution in [3.63, 3.8) is 0 Å². The number of hydrogen-bond acceptors (Lipinski definition) is 1. The van der Waals surface area contributed by atoms with E-state index in [-0.39, 0.29) is 24.4 Å². The van der Waals surface area contributed by atoms with Gasteiger partial charge in [0.1, 0.15) is 0 Å². The summed E-state index contributed by atoms with van der Waals surface area (Å²) >= 11 is 0. The third kappa shape index (κ3) is 1.48. The lowest BCUT2D eigenvalue weighted by atomic mass is 10.1. The van der Waals surface area contributed by atoms with Crippen LogP contribution in [0.4, 0.5) is 14.5 Å². The predicted octanol–water partition coefficient (Wildman–Crippen LogP) is 2.73. The Bertz CT molecular complexity index is 325. The van der Waals surface area contributed by atoms with Crippen LogP contribution >= 0.6 is 12.4 Å². The molecule has 0 saturated carbocycles. The number of hydrogen-bond donors (Lipinski definition) is 1. The molecule has 0 aliphatic heterocycles. The van der Waals surface area contributed by atoms with Crippen molar-refractivity contribution in [2.24, 2.45) is 0 Å². The van der Waals surface area contributed by atoms with Gasteiger partial charge in [0.15, 0.2) is 0 Å². The van der Waals surface area contributed by atoms with Crippen LogP contribution in [-0.4, -0.2) is 0 Å². The maximum atomic E-state index is 13.1. The number of nitrogen functional groups attached to an aromatic ring is 1. The minimum Gasteiger partial charge on any atom is -0.398 e. The molecule has 0 fully saturated rings. The van der Waals surface area contributed by atoms with E-state index in [2.05, 4.69) is 0 Å². The smallest absolute Gasteiger partial charge is 0.273 e. The SMILES string of the molecule is Cl.Nc1cccc2c1CCC2(F)F. The lowest BCUT2D eigenvalue weighted by molar-refractivity contribution is -0.00183. The first-order chi connectivity index (χ1) is 5.61. The van der Waals surface area contributed by atoms with Crippen molar-refractivity contribution in [1.82, 2.24) is 0 Å². The van der Waals surface area contributed by atoms with E-state index in [1.165, 1.54) is 6.07 Å². The Morgan fingerprint density at radius 1 is 1.31 bits per heavy atom. The van der Waals surface area contributed by atoms with Gasteiger partial charge < -0.3 is 5.73 Å². The van der Waals surface area contributed by atoms with Gasteiger partial charge in [0.25, 0.3) is 5.92 Å². The molecule has 13 heavy (non-hydrogen) atoms. The van der Waals surface area contributed by atoms with E-state index in [0.717, 1.165) is 0 Å². The number of alkyl halides is 2. The van der Waals surface area contributed by atoms with E-state index in [1.54, 1.807) is 12.1 Å². The molecule has 0 atom stereocenters. The molecule has 1 nitrogen and oxygen atoms in total. The molecular formula is C9H10ClF2N. The normalized spacial score (nSPS) is 17.7. The summed E-state index contributed by atoms with van der Waals surface area (Å²) in [5.74, 6) is -2.66. The molecule has 2 rings (SSSR count). The van der Waals surface area contributed by atoms with Gasteiger partial charge in [0.2, 0.25) is 0 Å². The van der Waals surface area contributed by atoms with Crippen molar-refractivity contribution < 1.29 is 8.78 Å². The highest BCUT2D eigenvalue weighted by Crippen LogP contribution is 2.43. The Labute approximate surface area is 81.3 Å². The standard InChI is InChI=1S/C9H9F2N.ClH/c10-9(11)5-4-6-7(9)2-1-3-8(6)12;/h1-3H,4-5,12H2;1H. The lowest BCUT2D eigenvalue weighted by Crippen LogP contribution is -2.07. The number of halogens is 3. The van der Waals surface area contributed by atoms with Crippen molar-refractivity contribution in [1.29, 1.82) is 0 Å². The Morgan fingerprint density at radius 2 is 2.00 bits per heavy atom. The number of benzene rings is 1. The number of fused-ring (bicyclic) bond motifs is 1. The van der Waals surface area contributed by atoms with Crippen LogP contribution in [0.25, 0.3) is 0 Å². The van der Waals surface area contributed by atoms with E-state index in [1.807, 2.05) is 0 Å². The highest BCUT2D eigenvalue weighted by Gasteiger charge is 2.39. The molecule has 1 aromatic carbocycles. The largest absolute Gasteiger partial charge is 0.398 e. The fourth-order valence-electron chi connectivity index (χ4n) is 1.64. The molecular weight excluding hydrogens is 196 g/mol. The maximum Gasteiger partial charge on any atom is 0.273 e. The quantitative estimate of drug-likeness (QED) is 0.648. The van der Waals surface area contributed by atoms with E-state index in [4.69, 9.17) is 5.73 Å². The zero-order chi connectivity index (χ0) is 8.77. The minimum absolute atomic E-state index is 0. The third-order valence-corrected chi connectivity index (χ3v) is 2.30. The van der Waals surface area contributed by atoms with Crippen LogP contribution in [0.5, 0.6) is 0 Å². The molecule has 0 unspecified atom stereocenters. The molecule has 0 spiro atoms. The molecule has 0 heterocycles. The van der Waals surface area contributed by atoms with E-state index >= 15 is 0 Å². The highest BCUT2D eigenvalue weighted by atomic mass is 35.5. The minimum atomic E-state index is -2.66. The Balaban J connectivity index is 0.000000845. The summed E-state index contributed by atoms with van der Waals surface area (Å²) in [7, 11) is 0. The van der Waals surface area contributed by atoms with Gasteiger partial charge >= 0.3 is 0 Å². The topological polar surface area (TPSA) is 26.0 Å². The molecule has 72 valence electrons. The summed E-state index contributed by atoms with van der Waals surface area (Å²) in [6.45, 7) is 0. The van der Waals surface area contributed by atoms with Gasteiger partial charge in [0.05, 0.1) is 0 Å². The molecule has 2 N–H and O–H groups in total. The Kier molecular flexibility index (Phi) is 2.48. The van der Waals surface area contributed by atoms with Crippen LogP contribution in [-0.2, 0) is 12.3 Å². The van der Waals surface area contributed by atoms with Crippen molar-refractivity contribution in [2.75, 3.05) is 5.73 Å². The second kappa shape index (κ2) is 3.14. The maximum absolute atomic E-state index is 13.1. The van der Waals surface area contributed by atoms with Crippen LogP contribution in [0, 0.1) is 0 Å². The van der Waals surface area contributed by atoms with E-state index in [9.17, 15) is 8.78 Å². The fraction of sp³-hybridized carbons (Fsp3) is 0.333. The number of rotatable bonds is 0. The molecule has 0 aromatic heterocycles. The monoisotopic (exact) mass is 205 g/mol. The molecule has 1 aromatic rings. The van der Waals surface area contributed by atoms with E-state index < -0.39 is 5.92 Å². The van der Waals surface area contributed by atoms with Gasteiger partial charge in [-0.05, 0) is 18.1 Å². The summed E-state index contributed by atoms with van der Waals surface area (Å²) in [6.07, 6.45) is 0.297. The van der Waals surface area contributed by atoms with Crippen molar-refractivity contribution in [3.05, 3.63) is 29.3 Å². The van der Waals surface area contributed by atoms with Gasteiger partial charge in [0, 0.05) is 17.7 Å². The van der Waals surface area contributed by atoms with Crippen LogP contribution in [0.15, 0.2) is 18.2 Å². The first-order valence-corrected chi connectivity index (χ1v) is 3.87. The van der Waals surface area contributed by atoms with Gasteiger partial charge in [-0.2, -0.15) is 0 Å². The van der Waals surface area contributed by atoms with Gasteiger partial charge in [-0.15, -0.1) is 12.4 Å². The predicted molar refractivity (Wildman–Crippen MR) is 50.3 cm³/mol. The van der Waals surface area contributed by atoms with Crippen LogP contribution in [0.2, 0.25) is 0 Å². The second-order valence-electron chi connectivity index (χ2n) is 3.08. The number of nitrogens with two attached hydrogens (primary N) is 1. The third-order valence-electron chi connectivity index (χ3n) is 2.30. The second-order valence-corrected chi connectivity index (χ2v) is 3.08. The fourth-order valence-corrected chi connectivity index (χ4v) is 1.64. The van der Waals surface area contributed by atoms with Crippen LogP contribution < -0.4 is 5.73 Å². The molecule has 0 bridgehead atoms. The summed E-state index contributed by atoms with van der Waals surface area (Å²) < 4.78 is 26.1. The summed E-state index contributed by atoms with van der Waals surface area (Å²) in [4.78, 5) is 0. The molecule has 0 saturated heterocycles. The first kappa shape index (κ1) is 10.3. The summed E-state index contributed by atoms with van der Waals surface area (Å²) in [5, 5.41) is 0.